The zero-order chi connectivity index (χ0) is 11.5. The minimum absolute atomic E-state index is 0.0661. The van der Waals surface area contributed by atoms with E-state index in [0.717, 1.165) is 12.2 Å². The van der Waals surface area contributed by atoms with Crippen LogP contribution < -0.4 is 5.73 Å². The second-order valence-electron chi connectivity index (χ2n) is 4.89. The summed E-state index contributed by atoms with van der Waals surface area (Å²) in [5.74, 6) is 0. The van der Waals surface area contributed by atoms with E-state index in [0.29, 0.717) is 6.04 Å². The first-order chi connectivity index (χ1) is 7.68. The Hall–Kier alpha value is -0.870. The van der Waals surface area contributed by atoms with Crippen molar-refractivity contribution in [2.75, 3.05) is 13.6 Å². The summed E-state index contributed by atoms with van der Waals surface area (Å²) >= 11 is 0. The van der Waals surface area contributed by atoms with Crippen LogP contribution in [0, 0.1) is 0 Å². The van der Waals surface area contributed by atoms with Crippen LogP contribution in [0.3, 0.4) is 0 Å². The predicted molar refractivity (Wildman–Crippen MR) is 65.1 cm³/mol. The Morgan fingerprint density at radius 1 is 1.56 bits per heavy atom. The van der Waals surface area contributed by atoms with Crippen LogP contribution in [0.15, 0.2) is 12.5 Å². The minimum atomic E-state index is 0.0661. The molecule has 0 radical (unpaired) electrons. The van der Waals surface area contributed by atoms with Crippen LogP contribution in [0.2, 0.25) is 0 Å². The van der Waals surface area contributed by atoms with Gasteiger partial charge in [-0.3, -0.25) is 0 Å². The highest BCUT2D eigenvalue weighted by Crippen LogP contribution is 2.18. The molecule has 2 heterocycles. The SMILES string of the molecule is C[C@@H](N)c1cncn1CC1CCCCN1C. The normalized spacial score (nSPS) is 24.6. The van der Waals surface area contributed by atoms with E-state index >= 15 is 0 Å². The molecule has 2 atom stereocenters. The third kappa shape index (κ3) is 2.44. The Morgan fingerprint density at radius 3 is 3.06 bits per heavy atom. The Morgan fingerprint density at radius 2 is 2.38 bits per heavy atom. The van der Waals surface area contributed by atoms with E-state index < -0.39 is 0 Å². The standard InChI is InChI=1S/C12H22N4/c1-10(13)12-7-14-9-16(12)8-11-5-3-4-6-15(11)2/h7,9-11H,3-6,8,13H2,1-2H3/t10-,11?/m1/s1. The number of imidazole rings is 1. The Labute approximate surface area is 97.4 Å². The average Bonchev–Trinajstić information content (AvgIpc) is 2.69. The molecule has 1 aromatic heterocycles. The van der Waals surface area contributed by atoms with E-state index in [9.17, 15) is 0 Å². The molecule has 2 N–H and O–H groups in total. The Kier molecular flexibility index (Phi) is 3.61. The lowest BCUT2D eigenvalue weighted by Crippen LogP contribution is -2.39. The largest absolute Gasteiger partial charge is 0.332 e. The smallest absolute Gasteiger partial charge is 0.0949 e. The molecular weight excluding hydrogens is 200 g/mol. The van der Waals surface area contributed by atoms with Gasteiger partial charge in [0.2, 0.25) is 0 Å². The highest BCUT2D eigenvalue weighted by molar-refractivity contribution is 5.03. The topological polar surface area (TPSA) is 47.1 Å². The Balaban J connectivity index is 2.04. The van der Waals surface area contributed by atoms with Gasteiger partial charge in [0, 0.05) is 24.8 Å². The van der Waals surface area contributed by atoms with E-state index in [4.69, 9.17) is 5.73 Å². The monoisotopic (exact) mass is 222 g/mol. The van der Waals surface area contributed by atoms with E-state index in [1.54, 1.807) is 0 Å². The quantitative estimate of drug-likeness (QED) is 0.840. The number of likely N-dealkylation sites (N-methyl/N-ethyl adjacent to an activating group) is 1. The van der Waals surface area contributed by atoms with Crippen LogP contribution in [0.5, 0.6) is 0 Å². The lowest BCUT2D eigenvalue weighted by Gasteiger charge is -2.33. The molecule has 1 aromatic rings. The van der Waals surface area contributed by atoms with Crippen LogP contribution in [0.1, 0.15) is 37.9 Å². The number of likely N-dealkylation sites (tertiary alicyclic amines) is 1. The fourth-order valence-corrected chi connectivity index (χ4v) is 2.46. The van der Waals surface area contributed by atoms with Gasteiger partial charge in [-0.25, -0.2) is 4.98 Å². The number of hydrogen-bond donors (Lipinski definition) is 1. The van der Waals surface area contributed by atoms with Crippen molar-refractivity contribution in [2.24, 2.45) is 5.73 Å². The van der Waals surface area contributed by atoms with Crippen molar-refractivity contribution in [3.63, 3.8) is 0 Å². The molecular formula is C12H22N4. The summed E-state index contributed by atoms with van der Waals surface area (Å²) < 4.78 is 2.21. The van der Waals surface area contributed by atoms with Gasteiger partial charge in [-0.2, -0.15) is 0 Å². The maximum absolute atomic E-state index is 5.92. The second-order valence-corrected chi connectivity index (χ2v) is 4.89. The molecule has 1 saturated heterocycles. The van der Waals surface area contributed by atoms with Crippen molar-refractivity contribution >= 4 is 0 Å². The maximum atomic E-state index is 5.92. The van der Waals surface area contributed by atoms with E-state index in [1.165, 1.54) is 25.8 Å². The second kappa shape index (κ2) is 4.97. The van der Waals surface area contributed by atoms with Crippen molar-refractivity contribution < 1.29 is 0 Å². The van der Waals surface area contributed by atoms with Crippen molar-refractivity contribution in [2.45, 2.75) is 44.8 Å². The Bertz CT molecular complexity index is 332. The fourth-order valence-electron chi connectivity index (χ4n) is 2.46. The first-order valence-electron chi connectivity index (χ1n) is 6.14. The number of piperidine rings is 1. The molecule has 16 heavy (non-hydrogen) atoms. The highest BCUT2D eigenvalue weighted by Gasteiger charge is 2.20. The van der Waals surface area contributed by atoms with Crippen LogP contribution in [0.4, 0.5) is 0 Å². The first kappa shape index (κ1) is 11.6. The van der Waals surface area contributed by atoms with Gasteiger partial charge in [0.25, 0.3) is 0 Å². The van der Waals surface area contributed by atoms with Gasteiger partial charge in [0.15, 0.2) is 0 Å². The number of rotatable bonds is 3. The minimum Gasteiger partial charge on any atom is -0.332 e. The highest BCUT2D eigenvalue weighted by atomic mass is 15.2. The summed E-state index contributed by atoms with van der Waals surface area (Å²) in [5.41, 5.74) is 7.06. The number of aromatic nitrogens is 2. The molecule has 0 amide bonds. The third-order valence-electron chi connectivity index (χ3n) is 3.54. The van der Waals surface area contributed by atoms with Gasteiger partial charge in [0.1, 0.15) is 0 Å². The number of nitrogens with zero attached hydrogens (tertiary/aromatic N) is 3. The summed E-state index contributed by atoms with van der Waals surface area (Å²) in [7, 11) is 2.21. The zero-order valence-electron chi connectivity index (χ0n) is 10.3. The molecule has 0 saturated carbocycles. The van der Waals surface area contributed by atoms with Crippen molar-refractivity contribution in [3.8, 4) is 0 Å². The molecule has 1 aliphatic heterocycles. The van der Waals surface area contributed by atoms with E-state index in [2.05, 4.69) is 21.5 Å². The van der Waals surface area contributed by atoms with Gasteiger partial charge in [-0.05, 0) is 33.4 Å². The molecule has 0 aromatic carbocycles. The first-order valence-corrected chi connectivity index (χ1v) is 6.14. The van der Waals surface area contributed by atoms with Gasteiger partial charge in [0.05, 0.1) is 12.0 Å². The fraction of sp³-hybridized carbons (Fsp3) is 0.750. The van der Waals surface area contributed by atoms with Crippen molar-refractivity contribution in [1.82, 2.24) is 14.5 Å². The summed E-state index contributed by atoms with van der Waals surface area (Å²) in [6.45, 7) is 4.25. The summed E-state index contributed by atoms with van der Waals surface area (Å²) in [4.78, 5) is 6.65. The van der Waals surface area contributed by atoms with E-state index in [-0.39, 0.29) is 6.04 Å². The molecule has 2 rings (SSSR count). The third-order valence-corrected chi connectivity index (χ3v) is 3.54. The number of hydrogen-bond acceptors (Lipinski definition) is 3. The summed E-state index contributed by atoms with van der Waals surface area (Å²) in [6.07, 6.45) is 7.75. The maximum Gasteiger partial charge on any atom is 0.0949 e. The molecule has 1 unspecified atom stereocenters. The van der Waals surface area contributed by atoms with Gasteiger partial charge in [-0.15, -0.1) is 0 Å². The van der Waals surface area contributed by atoms with Crippen molar-refractivity contribution in [1.29, 1.82) is 0 Å². The average molecular weight is 222 g/mol. The summed E-state index contributed by atoms with van der Waals surface area (Å²) in [5, 5.41) is 0. The molecule has 4 nitrogen and oxygen atoms in total. The molecule has 1 fully saturated rings. The van der Waals surface area contributed by atoms with Gasteiger partial charge in [-0.1, -0.05) is 6.42 Å². The van der Waals surface area contributed by atoms with Crippen LogP contribution >= 0.6 is 0 Å². The lowest BCUT2D eigenvalue weighted by atomic mass is 10.0. The predicted octanol–water partition coefficient (Wildman–Crippen LogP) is 1.39. The van der Waals surface area contributed by atoms with Crippen LogP contribution in [-0.4, -0.2) is 34.1 Å². The molecule has 0 bridgehead atoms. The van der Waals surface area contributed by atoms with E-state index in [1.807, 2.05) is 19.4 Å². The van der Waals surface area contributed by atoms with Crippen LogP contribution in [0.25, 0.3) is 0 Å². The van der Waals surface area contributed by atoms with Gasteiger partial charge >= 0.3 is 0 Å². The lowest BCUT2D eigenvalue weighted by molar-refractivity contribution is 0.166. The van der Waals surface area contributed by atoms with Crippen LogP contribution in [-0.2, 0) is 6.54 Å². The molecule has 4 heteroatoms. The molecule has 1 aliphatic rings. The molecule has 0 spiro atoms. The number of nitrogens with two attached hydrogens (primary N) is 1. The molecule has 0 aliphatic carbocycles. The molecule has 90 valence electrons. The summed E-state index contributed by atoms with van der Waals surface area (Å²) in [6, 6.07) is 0.705. The van der Waals surface area contributed by atoms with Crippen molar-refractivity contribution in [3.05, 3.63) is 18.2 Å². The van der Waals surface area contributed by atoms with Gasteiger partial charge < -0.3 is 15.2 Å². The zero-order valence-corrected chi connectivity index (χ0v) is 10.3.